The normalized spacial score (nSPS) is 15.4. The molecule has 7 nitrogen and oxygen atoms in total. The fourth-order valence-corrected chi connectivity index (χ4v) is 3.89. The lowest BCUT2D eigenvalue weighted by Crippen LogP contribution is -2.38. The number of benzene rings is 2. The van der Waals surface area contributed by atoms with Gasteiger partial charge in [-0.15, -0.1) is 0 Å². The van der Waals surface area contributed by atoms with Crippen LogP contribution >= 0.6 is 0 Å². The van der Waals surface area contributed by atoms with Gasteiger partial charge in [0.25, 0.3) is 11.5 Å². The smallest absolute Gasteiger partial charge is 0.322 e. The first-order valence-corrected chi connectivity index (χ1v) is 8.93. The van der Waals surface area contributed by atoms with E-state index in [1.165, 1.54) is 0 Å². The number of pyridine rings is 1. The summed E-state index contributed by atoms with van der Waals surface area (Å²) in [7, 11) is 0. The molecule has 28 heavy (non-hydrogen) atoms. The summed E-state index contributed by atoms with van der Waals surface area (Å²) in [5, 5.41) is 22.0. The van der Waals surface area contributed by atoms with E-state index in [0.717, 1.165) is 17.5 Å². The second-order valence-corrected chi connectivity index (χ2v) is 6.75. The Morgan fingerprint density at radius 1 is 1.11 bits per heavy atom. The third-order valence-electron chi connectivity index (χ3n) is 5.10. The zero-order valence-electron chi connectivity index (χ0n) is 14.9. The van der Waals surface area contributed by atoms with Crippen molar-refractivity contribution < 1.29 is 19.8 Å². The SMILES string of the molecule is O=C(O)CNC(=O)c1c(O)c2cccc3c2n(c1=O)[C@H](c1ccccc1)CC3. The van der Waals surface area contributed by atoms with Crippen LogP contribution in [0.15, 0.2) is 53.3 Å². The van der Waals surface area contributed by atoms with Crippen LogP contribution in [0.4, 0.5) is 0 Å². The minimum Gasteiger partial charge on any atom is -0.506 e. The summed E-state index contributed by atoms with van der Waals surface area (Å²) in [4.78, 5) is 36.6. The molecular weight excluding hydrogens is 360 g/mol. The molecule has 3 aromatic rings. The number of aromatic hydroxyl groups is 1. The molecule has 142 valence electrons. The molecule has 0 saturated heterocycles. The summed E-state index contributed by atoms with van der Waals surface area (Å²) >= 11 is 0. The topological polar surface area (TPSA) is 109 Å². The highest BCUT2D eigenvalue weighted by Crippen LogP contribution is 2.37. The number of carboxylic acids is 1. The average Bonchev–Trinajstić information content (AvgIpc) is 2.70. The van der Waals surface area contributed by atoms with E-state index >= 15 is 0 Å². The van der Waals surface area contributed by atoms with E-state index in [9.17, 15) is 19.5 Å². The van der Waals surface area contributed by atoms with Crippen LogP contribution in [-0.4, -0.2) is 33.2 Å². The van der Waals surface area contributed by atoms with Crippen molar-refractivity contribution in [1.29, 1.82) is 0 Å². The molecule has 2 aromatic carbocycles. The molecule has 1 aliphatic heterocycles. The van der Waals surface area contributed by atoms with Crippen molar-refractivity contribution in [3.63, 3.8) is 0 Å². The second-order valence-electron chi connectivity index (χ2n) is 6.75. The summed E-state index contributed by atoms with van der Waals surface area (Å²) in [5.41, 5.74) is 1.40. The number of carboxylic acid groups (broad SMARTS) is 1. The molecule has 0 aliphatic carbocycles. The third-order valence-corrected chi connectivity index (χ3v) is 5.10. The first-order valence-electron chi connectivity index (χ1n) is 8.93. The molecule has 0 fully saturated rings. The Bertz CT molecular complexity index is 1150. The van der Waals surface area contributed by atoms with E-state index < -0.39 is 35.3 Å². The van der Waals surface area contributed by atoms with Crippen LogP contribution in [0.1, 0.15) is 33.9 Å². The Hall–Kier alpha value is -3.61. The van der Waals surface area contributed by atoms with Gasteiger partial charge in [0.1, 0.15) is 17.9 Å². The summed E-state index contributed by atoms with van der Waals surface area (Å²) < 4.78 is 1.55. The monoisotopic (exact) mass is 378 g/mol. The maximum atomic E-state index is 13.3. The maximum absolute atomic E-state index is 13.3. The number of hydrogen-bond acceptors (Lipinski definition) is 4. The lowest BCUT2D eigenvalue weighted by Gasteiger charge is -2.29. The first-order chi connectivity index (χ1) is 13.5. The first kappa shape index (κ1) is 17.8. The molecule has 1 atom stereocenters. The predicted octanol–water partition coefficient (Wildman–Crippen LogP) is 2.06. The highest BCUT2D eigenvalue weighted by Gasteiger charge is 2.30. The average molecular weight is 378 g/mol. The quantitative estimate of drug-likeness (QED) is 0.644. The number of nitrogens with zero attached hydrogens (tertiary/aromatic N) is 1. The van der Waals surface area contributed by atoms with Crippen LogP contribution in [0.25, 0.3) is 10.9 Å². The van der Waals surface area contributed by atoms with Gasteiger partial charge >= 0.3 is 5.97 Å². The Morgan fingerprint density at radius 2 is 1.86 bits per heavy atom. The number of hydrogen-bond donors (Lipinski definition) is 3. The summed E-state index contributed by atoms with van der Waals surface area (Å²) in [6.07, 6.45) is 1.41. The van der Waals surface area contributed by atoms with E-state index in [1.807, 2.05) is 36.4 Å². The number of carbonyl (C=O) groups is 2. The van der Waals surface area contributed by atoms with Crippen LogP contribution in [0, 0.1) is 0 Å². The largest absolute Gasteiger partial charge is 0.506 e. The van der Waals surface area contributed by atoms with Crippen molar-refractivity contribution in [2.75, 3.05) is 6.54 Å². The highest BCUT2D eigenvalue weighted by molar-refractivity contribution is 6.03. The lowest BCUT2D eigenvalue weighted by molar-refractivity contribution is -0.135. The predicted molar refractivity (Wildman–Crippen MR) is 103 cm³/mol. The number of rotatable bonds is 4. The zero-order chi connectivity index (χ0) is 19.8. The van der Waals surface area contributed by atoms with Crippen molar-refractivity contribution in [2.45, 2.75) is 18.9 Å². The number of amides is 1. The fourth-order valence-electron chi connectivity index (χ4n) is 3.89. The number of para-hydroxylation sites is 1. The van der Waals surface area contributed by atoms with Gasteiger partial charge in [0.2, 0.25) is 0 Å². The Morgan fingerprint density at radius 3 is 2.57 bits per heavy atom. The molecular formula is C21H18N2O5. The van der Waals surface area contributed by atoms with Crippen LogP contribution in [0.2, 0.25) is 0 Å². The molecule has 0 radical (unpaired) electrons. The number of aliphatic carboxylic acids is 1. The Labute approximate surface area is 159 Å². The van der Waals surface area contributed by atoms with Gasteiger partial charge in [-0.3, -0.25) is 19.0 Å². The second kappa shape index (κ2) is 6.84. The summed E-state index contributed by atoms with van der Waals surface area (Å²) in [6.45, 7) is -0.641. The van der Waals surface area contributed by atoms with E-state index in [0.29, 0.717) is 17.3 Å². The van der Waals surface area contributed by atoms with Crippen LogP contribution < -0.4 is 10.9 Å². The molecule has 1 amide bonds. The number of carbonyl (C=O) groups excluding carboxylic acids is 1. The molecule has 1 aromatic heterocycles. The molecule has 0 spiro atoms. The fraction of sp³-hybridized carbons (Fsp3) is 0.190. The van der Waals surface area contributed by atoms with E-state index in [-0.39, 0.29) is 6.04 Å². The molecule has 4 rings (SSSR count). The van der Waals surface area contributed by atoms with Crippen LogP contribution in [-0.2, 0) is 11.2 Å². The van der Waals surface area contributed by atoms with Gasteiger partial charge in [-0.2, -0.15) is 0 Å². The molecule has 7 heteroatoms. The van der Waals surface area contributed by atoms with E-state index in [4.69, 9.17) is 5.11 Å². The molecule has 0 unspecified atom stereocenters. The van der Waals surface area contributed by atoms with Gasteiger partial charge in [-0.05, 0) is 30.0 Å². The van der Waals surface area contributed by atoms with Crippen molar-refractivity contribution in [1.82, 2.24) is 9.88 Å². The molecule has 2 heterocycles. The van der Waals surface area contributed by atoms with Gasteiger partial charge in [0.05, 0.1) is 11.6 Å². The van der Waals surface area contributed by atoms with Crippen molar-refractivity contribution in [3.8, 4) is 5.75 Å². The minimum atomic E-state index is -1.24. The Balaban J connectivity index is 1.98. The molecule has 0 saturated carbocycles. The van der Waals surface area contributed by atoms with Gasteiger partial charge in [-0.1, -0.05) is 42.5 Å². The molecule has 0 bridgehead atoms. The number of aromatic nitrogens is 1. The third kappa shape index (κ3) is 2.81. The zero-order valence-corrected chi connectivity index (χ0v) is 14.9. The molecule has 3 N–H and O–H groups in total. The van der Waals surface area contributed by atoms with Gasteiger partial charge in [0, 0.05) is 5.39 Å². The van der Waals surface area contributed by atoms with E-state index in [2.05, 4.69) is 5.32 Å². The standard InChI is InChI=1S/C21H18N2O5/c24-16(25)11-22-20(27)17-19(26)14-8-4-7-13-9-10-15(12-5-2-1-3-6-12)23(18(13)14)21(17)28/h1-8,15,26H,9-11H2,(H,22,27)(H,24,25)/t15-/m0/s1. The minimum absolute atomic E-state index is 0.280. The lowest BCUT2D eigenvalue weighted by atomic mass is 9.91. The van der Waals surface area contributed by atoms with Crippen molar-refractivity contribution in [2.24, 2.45) is 0 Å². The summed E-state index contributed by atoms with van der Waals surface area (Å²) in [6, 6.07) is 14.6. The summed E-state index contributed by atoms with van der Waals surface area (Å²) in [5.74, 6) is -2.56. The van der Waals surface area contributed by atoms with Gasteiger partial charge in [-0.25, -0.2) is 0 Å². The van der Waals surface area contributed by atoms with Gasteiger partial charge in [0.15, 0.2) is 0 Å². The van der Waals surface area contributed by atoms with E-state index in [1.54, 1.807) is 16.7 Å². The Kier molecular flexibility index (Phi) is 4.35. The van der Waals surface area contributed by atoms with Crippen molar-refractivity contribution >= 4 is 22.8 Å². The highest BCUT2D eigenvalue weighted by atomic mass is 16.4. The van der Waals surface area contributed by atoms with Crippen LogP contribution in [0.3, 0.4) is 0 Å². The maximum Gasteiger partial charge on any atom is 0.322 e. The van der Waals surface area contributed by atoms with Crippen molar-refractivity contribution in [3.05, 3.63) is 75.6 Å². The van der Waals surface area contributed by atoms with Crippen LogP contribution in [0.5, 0.6) is 5.75 Å². The number of nitrogens with one attached hydrogen (secondary N) is 1. The molecule has 1 aliphatic rings. The van der Waals surface area contributed by atoms with Gasteiger partial charge < -0.3 is 15.5 Å². The number of aryl methyl sites for hydroxylation is 1.